The summed E-state index contributed by atoms with van der Waals surface area (Å²) in [6.07, 6.45) is -3.20. The molecule has 0 atom stereocenters. The van der Waals surface area contributed by atoms with Crippen molar-refractivity contribution in [1.29, 1.82) is 0 Å². The second-order valence-electron chi connectivity index (χ2n) is 4.16. The van der Waals surface area contributed by atoms with Crippen molar-refractivity contribution < 1.29 is 27.8 Å². The molecule has 0 bridgehead atoms. The van der Waals surface area contributed by atoms with Gasteiger partial charge < -0.3 is 9.84 Å². The van der Waals surface area contributed by atoms with Gasteiger partial charge in [-0.1, -0.05) is 12.1 Å². The average molecular weight is 297 g/mol. The minimum atomic E-state index is -4.47. The Kier molecular flexibility index (Phi) is 3.84. The van der Waals surface area contributed by atoms with Crippen LogP contribution in [0.4, 0.5) is 13.2 Å². The van der Waals surface area contributed by atoms with Crippen LogP contribution in [0.5, 0.6) is 5.88 Å². The third-order valence-electron chi connectivity index (χ3n) is 2.80. The van der Waals surface area contributed by atoms with Gasteiger partial charge in [0, 0.05) is 11.8 Å². The van der Waals surface area contributed by atoms with Crippen LogP contribution in [0.25, 0.3) is 11.1 Å². The fourth-order valence-electron chi connectivity index (χ4n) is 1.80. The first-order chi connectivity index (χ1) is 9.82. The topological polar surface area (TPSA) is 59.4 Å². The highest BCUT2D eigenvalue weighted by Gasteiger charge is 2.30. The van der Waals surface area contributed by atoms with Crippen molar-refractivity contribution in [1.82, 2.24) is 4.98 Å². The first-order valence-corrected chi connectivity index (χ1v) is 5.78. The number of aromatic carboxylic acids is 1. The number of halogens is 3. The standard InChI is InChI=1S/C14H10F3NO3/c1-21-12-11(13(19)20)6-9(7-18-12)8-3-2-4-10(5-8)14(15,16)17/h2-7H,1H3,(H,19,20). The molecule has 2 rings (SSSR count). The summed E-state index contributed by atoms with van der Waals surface area (Å²) >= 11 is 0. The molecule has 0 radical (unpaired) electrons. The second kappa shape index (κ2) is 5.43. The number of carbonyl (C=O) groups is 1. The summed E-state index contributed by atoms with van der Waals surface area (Å²) in [5, 5.41) is 9.05. The van der Waals surface area contributed by atoms with Crippen molar-refractivity contribution >= 4 is 5.97 Å². The fourth-order valence-corrected chi connectivity index (χ4v) is 1.80. The number of pyridine rings is 1. The first-order valence-electron chi connectivity index (χ1n) is 5.78. The van der Waals surface area contributed by atoms with E-state index < -0.39 is 17.7 Å². The molecule has 1 heterocycles. The van der Waals surface area contributed by atoms with Gasteiger partial charge in [-0.2, -0.15) is 13.2 Å². The van der Waals surface area contributed by atoms with Gasteiger partial charge in [0.1, 0.15) is 5.56 Å². The number of nitrogens with zero attached hydrogens (tertiary/aromatic N) is 1. The predicted octanol–water partition coefficient (Wildman–Crippen LogP) is 3.47. The molecule has 0 spiro atoms. The first kappa shape index (κ1) is 14.8. The Morgan fingerprint density at radius 3 is 2.52 bits per heavy atom. The van der Waals surface area contributed by atoms with Crippen LogP contribution in [-0.2, 0) is 6.18 Å². The number of carboxylic acids is 1. The van der Waals surface area contributed by atoms with Crippen LogP contribution in [0.3, 0.4) is 0 Å². The van der Waals surface area contributed by atoms with E-state index >= 15 is 0 Å². The molecule has 1 N–H and O–H groups in total. The molecule has 0 saturated heterocycles. The summed E-state index contributed by atoms with van der Waals surface area (Å²) in [6, 6.07) is 5.81. The molecule has 0 saturated carbocycles. The zero-order valence-corrected chi connectivity index (χ0v) is 10.8. The van der Waals surface area contributed by atoms with Crippen LogP contribution >= 0.6 is 0 Å². The summed E-state index contributed by atoms with van der Waals surface area (Å²) in [5.41, 5.74) is -0.540. The van der Waals surface area contributed by atoms with Crippen molar-refractivity contribution in [2.24, 2.45) is 0 Å². The summed E-state index contributed by atoms with van der Waals surface area (Å²) < 4.78 is 42.8. The molecular formula is C14H10F3NO3. The van der Waals surface area contributed by atoms with Crippen LogP contribution in [0.2, 0.25) is 0 Å². The average Bonchev–Trinajstić information content (AvgIpc) is 2.45. The maximum atomic E-state index is 12.7. The lowest BCUT2D eigenvalue weighted by atomic mass is 10.0. The minimum absolute atomic E-state index is 0.0989. The normalized spacial score (nSPS) is 11.2. The van der Waals surface area contributed by atoms with Gasteiger partial charge in [0.15, 0.2) is 0 Å². The molecule has 21 heavy (non-hydrogen) atoms. The van der Waals surface area contributed by atoms with Crippen molar-refractivity contribution in [3.63, 3.8) is 0 Å². The monoisotopic (exact) mass is 297 g/mol. The lowest BCUT2D eigenvalue weighted by molar-refractivity contribution is -0.137. The van der Waals surface area contributed by atoms with Gasteiger partial charge in [0.05, 0.1) is 12.7 Å². The molecule has 1 aromatic heterocycles. The SMILES string of the molecule is COc1ncc(-c2cccc(C(F)(F)F)c2)cc1C(=O)O. The Balaban J connectivity index is 2.52. The largest absolute Gasteiger partial charge is 0.480 e. The third-order valence-corrected chi connectivity index (χ3v) is 2.80. The molecule has 0 aliphatic heterocycles. The van der Waals surface area contributed by atoms with E-state index in [1.807, 2.05) is 0 Å². The van der Waals surface area contributed by atoms with Gasteiger partial charge in [-0.25, -0.2) is 9.78 Å². The summed E-state index contributed by atoms with van der Waals surface area (Å²) in [6.45, 7) is 0. The quantitative estimate of drug-likeness (QED) is 0.942. The molecule has 7 heteroatoms. The number of carboxylic acid groups (broad SMARTS) is 1. The number of benzene rings is 1. The highest BCUT2D eigenvalue weighted by Crippen LogP contribution is 2.32. The Morgan fingerprint density at radius 1 is 1.24 bits per heavy atom. The Hall–Kier alpha value is -2.57. The molecule has 0 amide bonds. The Morgan fingerprint density at radius 2 is 1.95 bits per heavy atom. The van der Waals surface area contributed by atoms with Gasteiger partial charge >= 0.3 is 12.1 Å². The van der Waals surface area contributed by atoms with E-state index in [4.69, 9.17) is 9.84 Å². The Labute approximate surface area is 117 Å². The number of rotatable bonds is 3. The third kappa shape index (κ3) is 3.13. The van der Waals surface area contributed by atoms with Gasteiger partial charge in [0.2, 0.25) is 5.88 Å². The van der Waals surface area contributed by atoms with E-state index in [1.54, 1.807) is 0 Å². The van der Waals surface area contributed by atoms with Gasteiger partial charge in [0.25, 0.3) is 0 Å². The van der Waals surface area contributed by atoms with Crippen molar-refractivity contribution in [3.05, 3.63) is 47.7 Å². The molecule has 1 aromatic carbocycles. The van der Waals surface area contributed by atoms with Crippen LogP contribution in [0.15, 0.2) is 36.5 Å². The highest BCUT2D eigenvalue weighted by molar-refractivity contribution is 5.91. The smallest absolute Gasteiger partial charge is 0.416 e. The van der Waals surface area contributed by atoms with Crippen molar-refractivity contribution in [3.8, 4) is 17.0 Å². The highest BCUT2D eigenvalue weighted by atomic mass is 19.4. The molecule has 0 unspecified atom stereocenters. The summed E-state index contributed by atoms with van der Waals surface area (Å²) in [4.78, 5) is 14.9. The number of methoxy groups -OCH3 is 1. The van der Waals surface area contributed by atoms with Crippen LogP contribution < -0.4 is 4.74 Å². The molecule has 0 fully saturated rings. The van der Waals surface area contributed by atoms with E-state index in [1.165, 1.54) is 31.5 Å². The van der Waals surface area contributed by atoms with E-state index in [0.29, 0.717) is 0 Å². The number of hydrogen-bond acceptors (Lipinski definition) is 3. The van der Waals surface area contributed by atoms with Crippen LogP contribution in [0, 0.1) is 0 Å². The van der Waals surface area contributed by atoms with Gasteiger partial charge in [-0.05, 0) is 23.8 Å². The fraction of sp³-hybridized carbons (Fsp3) is 0.143. The minimum Gasteiger partial charge on any atom is -0.480 e. The zero-order chi connectivity index (χ0) is 15.6. The number of alkyl halides is 3. The number of hydrogen-bond donors (Lipinski definition) is 1. The maximum Gasteiger partial charge on any atom is 0.416 e. The summed E-state index contributed by atoms with van der Waals surface area (Å²) in [5.74, 6) is -1.37. The second-order valence-corrected chi connectivity index (χ2v) is 4.16. The summed E-state index contributed by atoms with van der Waals surface area (Å²) in [7, 11) is 1.26. The molecule has 0 aliphatic carbocycles. The lowest BCUT2D eigenvalue weighted by Crippen LogP contribution is -2.05. The van der Waals surface area contributed by atoms with Gasteiger partial charge in [-0.3, -0.25) is 0 Å². The van der Waals surface area contributed by atoms with E-state index in [-0.39, 0.29) is 22.6 Å². The van der Waals surface area contributed by atoms with Crippen LogP contribution in [0.1, 0.15) is 15.9 Å². The molecule has 110 valence electrons. The number of aromatic nitrogens is 1. The van der Waals surface area contributed by atoms with E-state index in [2.05, 4.69) is 4.98 Å². The van der Waals surface area contributed by atoms with Crippen molar-refractivity contribution in [2.75, 3.05) is 7.11 Å². The zero-order valence-electron chi connectivity index (χ0n) is 10.8. The van der Waals surface area contributed by atoms with E-state index in [0.717, 1.165) is 12.1 Å². The maximum absolute atomic E-state index is 12.7. The predicted molar refractivity (Wildman–Crippen MR) is 68.2 cm³/mol. The molecule has 2 aromatic rings. The van der Waals surface area contributed by atoms with Gasteiger partial charge in [-0.15, -0.1) is 0 Å². The molecular weight excluding hydrogens is 287 g/mol. The van der Waals surface area contributed by atoms with Crippen molar-refractivity contribution in [2.45, 2.75) is 6.18 Å². The number of ether oxygens (including phenoxy) is 1. The lowest BCUT2D eigenvalue weighted by Gasteiger charge is -2.10. The molecule has 0 aliphatic rings. The molecule has 4 nitrogen and oxygen atoms in total. The van der Waals surface area contributed by atoms with Crippen LogP contribution in [-0.4, -0.2) is 23.2 Å². The Bertz CT molecular complexity index is 683. The van der Waals surface area contributed by atoms with E-state index in [9.17, 15) is 18.0 Å².